The van der Waals surface area contributed by atoms with Crippen LogP contribution in [0.25, 0.3) is 10.4 Å². The Balaban J connectivity index is 1.60. The van der Waals surface area contributed by atoms with Gasteiger partial charge in [-0.3, -0.25) is 19.8 Å². The van der Waals surface area contributed by atoms with Crippen molar-refractivity contribution in [2.75, 3.05) is 25.5 Å². The Morgan fingerprint density at radius 3 is 2.84 bits per heavy atom. The molecule has 0 aliphatic carbocycles. The number of rotatable bonds is 4. The maximum absolute atomic E-state index is 11.6. The van der Waals surface area contributed by atoms with Crippen molar-refractivity contribution in [2.45, 2.75) is 32.2 Å². The molecule has 1 atom stereocenters. The van der Waals surface area contributed by atoms with E-state index in [2.05, 4.69) is 25.4 Å². The lowest BCUT2D eigenvalue weighted by molar-refractivity contribution is 0.0828. The number of H-pyrrole nitrogens is 1. The first-order valence-corrected chi connectivity index (χ1v) is 9.58. The summed E-state index contributed by atoms with van der Waals surface area (Å²) in [7, 11) is 1.83. The van der Waals surface area contributed by atoms with Gasteiger partial charge in [-0.25, -0.2) is 0 Å². The highest BCUT2D eigenvalue weighted by molar-refractivity contribution is 7.17. The summed E-state index contributed by atoms with van der Waals surface area (Å²) in [5.74, 6) is 1.78. The van der Waals surface area contributed by atoms with Gasteiger partial charge in [0.05, 0.1) is 22.8 Å². The maximum Gasteiger partial charge on any atom is 0.162 e. The summed E-state index contributed by atoms with van der Waals surface area (Å²) in [4.78, 5) is 20.3. The van der Waals surface area contributed by atoms with Crippen LogP contribution >= 0.6 is 11.3 Å². The SMILES string of the molecule is CN=C(Nc1cc(-c2cn[nH]c2C)sc1C=O)C1CC2CCN1CC2. The van der Waals surface area contributed by atoms with Crippen molar-refractivity contribution >= 4 is 29.1 Å². The molecular formula is C18H23N5OS. The number of thiophene rings is 1. The molecule has 2 bridgehead atoms. The molecule has 7 heteroatoms. The highest BCUT2D eigenvalue weighted by atomic mass is 32.1. The highest BCUT2D eigenvalue weighted by Crippen LogP contribution is 2.36. The zero-order valence-corrected chi connectivity index (χ0v) is 15.4. The Labute approximate surface area is 151 Å². The molecule has 1 unspecified atom stereocenters. The first-order valence-electron chi connectivity index (χ1n) is 8.76. The van der Waals surface area contributed by atoms with Gasteiger partial charge < -0.3 is 5.32 Å². The number of aromatic amines is 1. The fraction of sp³-hybridized carbons (Fsp3) is 0.500. The fourth-order valence-electron chi connectivity index (χ4n) is 4.00. The van der Waals surface area contributed by atoms with Crippen LogP contribution in [-0.4, -0.2) is 53.4 Å². The Hall–Kier alpha value is -1.99. The van der Waals surface area contributed by atoms with Crippen LogP contribution in [0.3, 0.4) is 0 Å². The summed E-state index contributed by atoms with van der Waals surface area (Å²) in [6.07, 6.45) is 6.49. The number of nitrogens with one attached hydrogen (secondary N) is 2. The van der Waals surface area contributed by atoms with Gasteiger partial charge in [-0.2, -0.15) is 5.10 Å². The number of nitrogens with zero attached hydrogens (tertiary/aromatic N) is 3. The van der Waals surface area contributed by atoms with Crippen LogP contribution in [0.1, 0.15) is 34.6 Å². The number of fused-ring (bicyclic) bond motifs is 3. The summed E-state index contributed by atoms with van der Waals surface area (Å²) < 4.78 is 0. The van der Waals surface area contributed by atoms with E-state index in [1.54, 1.807) is 6.20 Å². The van der Waals surface area contributed by atoms with Gasteiger partial charge in [-0.1, -0.05) is 0 Å². The van der Waals surface area contributed by atoms with Crippen LogP contribution in [0.5, 0.6) is 0 Å². The van der Waals surface area contributed by atoms with Crippen LogP contribution < -0.4 is 5.32 Å². The molecule has 2 aromatic heterocycles. The number of aromatic nitrogens is 2. The van der Waals surface area contributed by atoms with Crippen LogP contribution in [-0.2, 0) is 0 Å². The van der Waals surface area contributed by atoms with Crippen LogP contribution in [0, 0.1) is 12.8 Å². The molecule has 5 heterocycles. The smallest absolute Gasteiger partial charge is 0.162 e. The molecule has 6 nitrogen and oxygen atoms in total. The summed E-state index contributed by atoms with van der Waals surface area (Å²) in [6, 6.07) is 2.38. The first kappa shape index (κ1) is 16.5. The standard InChI is InChI=1S/C18H23N5OS/c1-11-13(9-20-22-11)16-8-14(17(10-24)25-16)21-18(19-2)15-7-12-3-5-23(15)6-4-12/h8-10,12,15H,3-7H2,1-2H3,(H,19,21)(H,20,22). The number of piperidine rings is 3. The molecular weight excluding hydrogens is 334 g/mol. The zero-order valence-electron chi connectivity index (χ0n) is 14.6. The molecule has 0 radical (unpaired) electrons. The van der Waals surface area contributed by atoms with E-state index in [9.17, 15) is 4.79 Å². The van der Waals surface area contributed by atoms with Gasteiger partial charge in [0.15, 0.2) is 6.29 Å². The van der Waals surface area contributed by atoms with Crippen molar-refractivity contribution in [2.24, 2.45) is 10.9 Å². The van der Waals surface area contributed by atoms with Crippen LogP contribution in [0.4, 0.5) is 5.69 Å². The molecule has 3 saturated heterocycles. The van der Waals surface area contributed by atoms with E-state index >= 15 is 0 Å². The molecule has 0 saturated carbocycles. The van der Waals surface area contributed by atoms with Crippen molar-refractivity contribution < 1.29 is 4.79 Å². The normalized spacial score (nSPS) is 26.0. The number of carbonyl (C=O) groups is 1. The van der Waals surface area contributed by atoms with Gasteiger partial charge in [0, 0.05) is 23.2 Å². The van der Waals surface area contributed by atoms with Gasteiger partial charge in [0.25, 0.3) is 0 Å². The Kier molecular flexibility index (Phi) is 4.43. The van der Waals surface area contributed by atoms with Crippen LogP contribution in [0.15, 0.2) is 17.3 Å². The van der Waals surface area contributed by atoms with Gasteiger partial charge >= 0.3 is 0 Å². The lowest BCUT2D eigenvalue weighted by Crippen LogP contribution is -2.53. The van der Waals surface area contributed by atoms with E-state index in [0.717, 1.165) is 59.4 Å². The van der Waals surface area contributed by atoms with E-state index in [0.29, 0.717) is 10.9 Å². The second kappa shape index (κ2) is 6.72. The third-order valence-corrected chi connectivity index (χ3v) is 6.52. The minimum absolute atomic E-state index is 0.344. The monoisotopic (exact) mass is 357 g/mol. The molecule has 2 aromatic rings. The zero-order chi connectivity index (χ0) is 17.4. The van der Waals surface area contributed by atoms with Crippen molar-refractivity contribution in [1.29, 1.82) is 0 Å². The average molecular weight is 357 g/mol. The summed E-state index contributed by atoms with van der Waals surface area (Å²) >= 11 is 1.49. The predicted molar refractivity (Wildman–Crippen MR) is 102 cm³/mol. The van der Waals surface area contributed by atoms with E-state index in [4.69, 9.17) is 0 Å². The molecule has 3 aliphatic rings. The van der Waals surface area contributed by atoms with Crippen molar-refractivity contribution in [1.82, 2.24) is 15.1 Å². The number of hydrogen-bond acceptors (Lipinski definition) is 5. The molecule has 0 spiro atoms. The van der Waals surface area contributed by atoms with E-state index in [-0.39, 0.29) is 0 Å². The highest BCUT2D eigenvalue weighted by Gasteiger charge is 2.36. The van der Waals surface area contributed by atoms with Crippen molar-refractivity contribution in [3.05, 3.63) is 22.8 Å². The Morgan fingerprint density at radius 1 is 1.48 bits per heavy atom. The molecule has 132 valence electrons. The van der Waals surface area contributed by atoms with Gasteiger partial charge in [-0.05, 0) is 51.3 Å². The minimum Gasteiger partial charge on any atom is -0.341 e. The van der Waals surface area contributed by atoms with Crippen molar-refractivity contribution in [3.8, 4) is 10.4 Å². The van der Waals surface area contributed by atoms with E-state index in [1.807, 2.05) is 20.0 Å². The number of carbonyl (C=O) groups excluding carboxylic acids is 1. The minimum atomic E-state index is 0.344. The summed E-state index contributed by atoms with van der Waals surface area (Å²) in [5.41, 5.74) is 2.89. The third kappa shape index (κ3) is 3.02. The molecule has 3 fully saturated rings. The predicted octanol–water partition coefficient (Wildman–Crippen LogP) is 3.18. The second-order valence-electron chi connectivity index (χ2n) is 6.88. The molecule has 2 N–H and O–H groups in total. The number of anilines is 1. The quantitative estimate of drug-likeness (QED) is 0.501. The number of aliphatic imine (C=N–C) groups is 1. The first-order chi connectivity index (χ1) is 12.2. The molecule has 25 heavy (non-hydrogen) atoms. The Bertz CT molecular complexity index is 800. The summed E-state index contributed by atoms with van der Waals surface area (Å²) in [5, 5.41) is 10.5. The average Bonchev–Trinajstić information content (AvgIpc) is 3.26. The third-order valence-electron chi connectivity index (χ3n) is 5.43. The second-order valence-corrected chi connectivity index (χ2v) is 7.96. The lowest BCUT2D eigenvalue weighted by atomic mass is 9.83. The molecule has 5 rings (SSSR count). The van der Waals surface area contributed by atoms with E-state index < -0.39 is 0 Å². The van der Waals surface area contributed by atoms with E-state index in [1.165, 1.54) is 24.2 Å². The number of hydrogen-bond donors (Lipinski definition) is 2. The van der Waals surface area contributed by atoms with Crippen LogP contribution in [0.2, 0.25) is 0 Å². The molecule has 0 aromatic carbocycles. The molecule has 3 aliphatic heterocycles. The van der Waals surface area contributed by atoms with Gasteiger partial charge in [0.1, 0.15) is 5.84 Å². The summed E-state index contributed by atoms with van der Waals surface area (Å²) in [6.45, 7) is 4.29. The maximum atomic E-state index is 11.6. The lowest BCUT2D eigenvalue weighted by Gasteiger charge is -2.45. The van der Waals surface area contributed by atoms with Gasteiger partial charge in [-0.15, -0.1) is 11.3 Å². The van der Waals surface area contributed by atoms with Crippen molar-refractivity contribution in [3.63, 3.8) is 0 Å². The number of amidine groups is 1. The fourth-order valence-corrected chi connectivity index (χ4v) is 5.00. The topological polar surface area (TPSA) is 73.4 Å². The Morgan fingerprint density at radius 2 is 2.28 bits per heavy atom. The number of aryl methyl sites for hydroxylation is 1. The molecule has 0 amide bonds. The van der Waals surface area contributed by atoms with Gasteiger partial charge in [0.2, 0.25) is 0 Å². The largest absolute Gasteiger partial charge is 0.341 e. The number of aldehydes is 1.